The van der Waals surface area contributed by atoms with Gasteiger partial charge in [0.25, 0.3) is 7.82 Å². The lowest BCUT2D eigenvalue weighted by molar-refractivity contribution is -0.345. The lowest BCUT2D eigenvalue weighted by Crippen LogP contribution is -2.22. The van der Waals surface area contributed by atoms with Crippen molar-refractivity contribution in [2.24, 2.45) is 0 Å². The third-order valence-corrected chi connectivity index (χ3v) is 3.60. The van der Waals surface area contributed by atoms with Crippen molar-refractivity contribution in [3.05, 3.63) is 0 Å². The first-order valence-electron chi connectivity index (χ1n) is 2.19. The standard InChI is InChI=1S/H3N.H5O10P3/c;1-11(2,3)9-13(7,8)10-12(4,5)6/h1H3;(H,7,8)(H2,1,2,3)(H2,4,5,6)/p-4. The molecule has 0 radical (unpaired) electrons. The molecule has 0 atom stereocenters. The van der Waals surface area contributed by atoms with E-state index in [0.29, 0.717) is 0 Å². The Kier molecular flexibility index (Phi) is 5.91. The Bertz CT molecular complexity index is 277. The highest BCUT2D eigenvalue weighted by Crippen LogP contribution is 2.57. The lowest BCUT2D eigenvalue weighted by atomic mass is 14.0. The fourth-order valence-corrected chi connectivity index (χ4v) is 2.61. The molecular weight excluding hydrogens is 267 g/mol. The van der Waals surface area contributed by atoms with Gasteiger partial charge >= 0.3 is 0 Å². The molecular formula is H4NO10P3-4. The Morgan fingerprint density at radius 3 is 1.07 bits per heavy atom. The first kappa shape index (κ1) is 16.8. The number of quaternary nitrogens is 1. The molecule has 0 heterocycles. The molecule has 0 aromatic heterocycles. The van der Waals surface area contributed by atoms with E-state index >= 15 is 0 Å². The zero-order valence-electron chi connectivity index (χ0n) is 6.42. The highest BCUT2D eigenvalue weighted by Gasteiger charge is 2.13. The fraction of sp³-hybridized carbons (Fsp3) is 0. The molecule has 4 N–H and O–H groups in total. The molecule has 0 saturated carbocycles. The summed E-state index contributed by atoms with van der Waals surface area (Å²) < 4.78 is 34.7. The summed E-state index contributed by atoms with van der Waals surface area (Å²) in [4.78, 5) is 48.6. The molecule has 11 nitrogen and oxygen atoms in total. The van der Waals surface area contributed by atoms with Crippen molar-refractivity contribution in [2.45, 2.75) is 0 Å². The van der Waals surface area contributed by atoms with Crippen LogP contribution in [0.2, 0.25) is 0 Å². The van der Waals surface area contributed by atoms with Crippen LogP contribution in [0.15, 0.2) is 0 Å². The second-order valence-corrected chi connectivity index (χ2v) is 5.49. The molecule has 88 valence electrons. The maximum Gasteiger partial charge on any atom is 0.275 e. The van der Waals surface area contributed by atoms with Gasteiger partial charge in [0.15, 0.2) is 0 Å². The van der Waals surface area contributed by atoms with Gasteiger partial charge in [-0.1, -0.05) is 0 Å². The van der Waals surface area contributed by atoms with E-state index in [1.807, 2.05) is 0 Å². The second kappa shape index (κ2) is 4.93. The van der Waals surface area contributed by atoms with Crippen LogP contribution in [0.4, 0.5) is 0 Å². The van der Waals surface area contributed by atoms with Gasteiger partial charge in [-0.05, 0) is 0 Å². The summed E-state index contributed by atoms with van der Waals surface area (Å²) in [5.41, 5.74) is 0. The van der Waals surface area contributed by atoms with Crippen molar-refractivity contribution >= 4 is 23.5 Å². The van der Waals surface area contributed by atoms with Crippen LogP contribution in [0, 0.1) is 0 Å². The summed E-state index contributed by atoms with van der Waals surface area (Å²) in [7, 11) is -17.9. The van der Waals surface area contributed by atoms with Crippen molar-refractivity contribution in [3.63, 3.8) is 0 Å². The summed E-state index contributed by atoms with van der Waals surface area (Å²) in [5, 5.41) is 0. The first-order chi connectivity index (χ1) is 5.41. The number of hydrogen-bond acceptors (Lipinski definition) is 10. The van der Waals surface area contributed by atoms with Gasteiger partial charge in [-0.15, -0.1) is 0 Å². The highest BCUT2D eigenvalue weighted by atomic mass is 31.3. The van der Waals surface area contributed by atoms with Crippen LogP contribution in [0.3, 0.4) is 0 Å². The van der Waals surface area contributed by atoms with E-state index in [-0.39, 0.29) is 6.15 Å². The monoisotopic (exact) mass is 271 g/mol. The smallest absolute Gasteiger partial charge is 0.275 e. The molecule has 0 rings (SSSR count). The number of phosphoric acid groups is 3. The summed E-state index contributed by atoms with van der Waals surface area (Å²) in [6, 6.07) is 0. The third-order valence-electron chi connectivity index (χ3n) is 0.400. The van der Waals surface area contributed by atoms with Crippen molar-refractivity contribution in [1.29, 1.82) is 0 Å². The maximum atomic E-state index is 10.1. The largest absolute Gasteiger partial charge is 0.790 e. The van der Waals surface area contributed by atoms with E-state index in [9.17, 15) is 38.2 Å². The molecule has 0 spiro atoms. The normalized spacial score (nSPS) is 13.5. The van der Waals surface area contributed by atoms with Crippen molar-refractivity contribution in [1.82, 2.24) is 6.15 Å². The minimum absolute atomic E-state index is 0. The Hall–Kier alpha value is 0.370. The molecule has 14 heavy (non-hydrogen) atoms. The van der Waals surface area contributed by atoms with E-state index in [4.69, 9.17) is 0 Å². The second-order valence-electron chi connectivity index (χ2n) is 1.50. The van der Waals surface area contributed by atoms with Gasteiger partial charge in [0, 0.05) is 0 Å². The molecule has 0 aliphatic heterocycles. The van der Waals surface area contributed by atoms with Crippen LogP contribution in [0.5, 0.6) is 0 Å². The van der Waals surface area contributed by atoms with Crippen LogP contribution in [0.1, 0.15) is 0 Å². The van der Waals surface area contributed by atoms with Crippen LogP contribution in [0.25, 0.3) is 0 Å². The Balaban J connectivity index is 0. The van der Waals surface area contributed by atoms with E-state index in [1.54, 1.807) is 0 Å². The van der Waals surface area contributed by atoms with Gasteiger partial charge < -0.3 is 39.7 Å². The molecule has 0 aliphatic carbocycles. The minimum atomic E-state index is -5.97. The molecule has 0 aromatic rings. The van der Waals surface area contributed by atoms with Gasteiger partial charge in [0.1, 0.15) is 0 Å². The zero-order valence-corrected chi connectivity index (χ0v) is 9.11. The molecule has 0 aromatic carbocycles. The van der Waals surface area contributed by atoms with E-state index in [1.165, 1.54) is 0 Å². The predicted molar refractivity (Wildman–Crippen MR) is 31.0 cm³/mol. The van der Waals surface area contributed by atoms with Gasteiger partial charge in [-0.3, -0.25) is 13.2 Å². The van der Waals surface area contributed by atoms with Gasteiger partial charge in [-0.25, -0.2) is 0 Å². The van der Waals surface area contributed by atoms with E-state index < -0.39 is 23.5 Å². The molecule has 0 aliphatic rings. The Morgan fingerprint density at radius 1 is 0.714 bits per heavy atom. The third kappa shape index (κ3) is 10.5. The topological polar surface area (TPSA) is 221 Å². The Morgan fingerprint density at radius 2 is 0.929 bits per heavy atom. The van der Waals surface area contributed by atoms with E-state index in [2.05, 4.69) is 8.62 Å². The van der Waals surface area contributed by atoms with Crippen molar-refractivity contribution in [3.8, 4) is 0 Å². The first-order valence-corrected chi connectivity index (χ1v) is 6.57. The van der Waals surface area contributed by atoms with Crippen molar-refractivity contribution < 1.29 is 46.8 Å². The average molecular weight is 271 g/mol. The molecule has 14 heteroatoms. The molecule has 0 amide bonds. The predicted octanol–water partition coefficient (Wildman–Crippen LogP) is -3.48. The zero-order chi connectivity index (χ0) is 10.9. The average Bonchev–Trinajstić information content (AvgIpc) is 1.43. The number of hydrogen-bond donors (Lipinski definition) is 1. The van der Waals surface area contributed by atoms with E-state index in [0.717, 1.165) is 0 Å². The lowest BCUT2D eigenvalue weighted by Gasteiger charge is -2.40. The highest BCUT2D eigenvalue weighted by molar-refractivity contribution is 7.64. The fourth-order valence-electron chi connectivity index (χ4n) is 0.260. The van der Waals surface area contributed by atoms with Crippen LogP contribution >= 0.6 is 23.5 Å². The molecule has 0 saturated heterocycles. The van der Waals surface area contributed by atoms with Crippen LogP contribution in [-0.2, 0) is 22.3 Å². The summed E-state index contributed by atoms with van der Waals surface area (Å²) >= 11 is 0. The SMILES string of the molecule is O=P([O-])([O-])OP(=O)([O-])OP(=O)([O-])[O-].[NH4+]. The quantitative estimate of drug-likeness (QED) is 0.496. The van der Waals surface area contributed by atoms with Gasteiger partial charge in [0.2, 0.25) is 0 Å². The number of rotatable bonds is 4. The van der Waals surface area contributed by atoms with Crippen molar-refractivity contribution in [2.75, 3.05) is 0 Å². The molecule has 0 fully saturated rings. The Labute approximate surface area is 77.4 Å². The maximum absolute atomic E-state index is 10.1. The van der Waals surface area contributed by atoms with Gasteiger partial charge in [0.05, 0.1) is 15.6 Å². The van der Waals surface area contributed by atoms with Crippen LogP contribution < -0.4 is 30.6 Å². The van der Waals surface area contributed by atoms with Crippen LogP contribution in [-0.4, -0.2) is 0 Å². The summed E-state index contributed by atoms with van der Waals surface area (Å²) in [5.74, 6) is 0. The molecule has 0 unspecified atom stereocenters. The van der Waals surface area contributed by atoms with Gasteiger partial charge in [-0.2, -0.15) is 0 Å². The summed E-state index contributed by atoms with van der Waals surface area (Å²) in [6.45, 7) is 0. The minimum Gasteiger partial charge on any atom is -0.790 e. The summed E-state index contributed by atoms with van der Waals surface area (Å²) in [6.07, 6.45) is 0. The molecule has 0 bridgehead atoms.